The Morgan fingerprint density at radius 2 is 2.00 bits per heavy atom. The maximum atomic E-state index is 3.56. The molecule has 0 bridgehead atoms. The monoisotopic (exact) mass is 226 g/mol. The van der Waals surface area contributed by atoms with Crippen molar-refractivity contribution in [1.29, 1.82) is 0 Å². The van der Waals surface area contributed by atoms with Gasteiger partial charge < -0.3 is 10.2 Å². The molecular formula is C14H30N2. The van der Waals surface area contributed by atoms with Gasteiger partial charge >= 0.3 is 0 Å². The molecular weight excluding hydrogens is 196 g/mol. The minimum atomic E-state index is 0.437. The van der Waals surface area contributed by atoms with Crippen molar-refractivity contribution >= 4 is 0 Å². The molecule has 2 nitrogen and oxygen atoms in total. The molecule has 1 saturated heterocycles. The van der Waals surface area contributed by atoms with Crippen LogP contribution in [0.25, 0.3) is 0 Å². The Hall–Kier alpha value is -0.0800. The summed E-state index contributed by atoms with van der Waals surface area (Å²) in [7, 11) is 0. The lowest BCUT2D eigenvalue weighted by Crippen LogP contribution is -2.41. The minimum Gasteiger partial charge on any atom is -0.314 e. The topological polar surface area (TPSA) is 15.3 Å². The van der Waals surface area contributed by atoms with E-state index in [1.54, 1.807) is 0 Å². The van der Waals surface area contributed by atoms with Gasteiger partial charge in [-0.2, -0.15) is 0 Å². The molecule has 2 unspecified atom stereocenters. The summed E-state index contributed by atoms with van der Waals surface area (Å²) in [6.07, 6.45) is 2.58. The van der Waals surface area contributed by atoms with Gasteiger partial charge in [0.15, 0.2) is 0 Å². The Morgan fingerprint density at radius 1 is 1.31 bits per heavy atom. The highest BCUT2D eigenvalue weighted by Gasteiger charge is 2.23. The van der Waals surface area contributed by atoms with Crippen molar-refractivity contribution in [3.63, 3.8) is 0 Å². The fourth-order valence-electron chi connectivity index (χ4n) is 2.08. The number of nitrogens with zero attached hydrogens (tertiary/aromatic N) is 1. The van der Waals surface area contributed by atoms with Gasteiger partial charge in [-0.05, 0) is 50.7 Å². The van der Waals surface area contributed by atoms with Crippen LogP contribution in [0.3, 0.4) is 0 Å². The first-order valence-electron chi connectivity index (χ1n) is 6.85. The molecule has 1 N–H and O–H groups in total. The van der Waals surface area contributed by atoms with Gasteiger partial charge in [0.05, 0.1) is 0 Å². The summed E-state index contributed by atoms with van der Waals surface area (Å²) < 4.78 is 0. The van der Waals surface area contributed by atoms with Crippen LogP contribution in [0.15, 0.2) is 0 Å². The molecule has 1 fully saturated rings. The van der Waals surface area contributed by atoms with Crippen LogP contribution >= 0.6 is 0 Å². The quantitative estimate of drug-likeness (QED) is 0.779. The van der Waals surface area contributed by atoms with Gasteiger partial charge in [0.1, 0.15) is 0 Å². The molecule has 16 heavy (non-hydrogen) atoms. The van der Waals surface area contributed by atoms with Crippen LogP contribution in [0, 0.1) is 11.3 Å². The molecule has 0 saturated carbocycles. The number of nitrogens with one attached hydrogen (secondary N) is 1. The third-order valence-electron chi connectivity index (χ3n) is 4.03. The summed E-state index contributed by atoms with van der Waals surface area (Å²) in [5.41, 5.74) is 0.437. The zero-order valence-corrected chi connectivity index (χ0v) is 11.8. The molecule has 0 aromatic rings. The molecule has 1 rings (SSSR count). The van der Waals surface area contributed by atoms with Crippen LogP contribution in [0.5, 0.6) is 0 Å². The average Bonchev–Trinajstić information content (AvgIpc) is 2.15. The van der Waals surface area contributed by atoms with Crippen LogP contribution in [-0.2, 0) is 0 Å². The molecule has 0 aromatic heterocycles. The zero-order valence-electron chi connectivity index (χ0n) is 11.8. The largest absolute Gasteiger partial charge is 0.314 e. The Bertz CT molecular complexity index is 195. The first kappa shape index (κ1) is 14.0. The van der Waals surface area contributed by atoms with Crippen LogP contribution in [-0.4, -0.2) is 37.1 Å². The third-order valence-corrected chi connectivity index (χ3v) is 4.03. The molecule has 1 heterocycles. The summed E-state index contributed by atoms with van der Waals surface area (Å²) in [6, 6.07) is 0.688. The SMILES string of the molecule is CC1CCN(CC(C)C(C)(C)C)CCCN1. The van der Waals surface area contributed by atoms with Gasteiger partial charge in [-0.15, -0.1) is 0 Å². The highest BCUT2D eigenvalue weighted by Crippen LogP contribution is 2.26. The summed E-state index contributed by atoms with van der Waals surface area (Å²) in [6.45, 7) is 16.7. The molecule has 2 heteroatoms. The Balaban J connectivity index is 2.40. The zero-order chi connectivity index (χ0) is 12.2. The minimum absolute atomic E-state index is 0.437. The highest BCUT2D eigenvalue weighted by molar-refractivity contribution is 4.76. The lowest BCUT2D eigenvalue weighted by molar-refractivity contribution is 0.149. The van der Waals surface area contributed by atoms with E-state index in [2.05, 4.69) is 44.8 Å². The third kappa shape index (κ3) is 4.84. The van der Waals surface area contributed by atoms with Gasteiger partial charge in [0, 0.05) is 12.6 Å². The van der Waals surface area contributed by atoms with Gasteiger partial charge in [-0.3, -0.25) is 0 Å². The Morgan fingerprint density at radius 3 is 2.62 bits per heavy atom. The van der Waals surface area contributed by atoms with Crippen LogP contribution < -0.4 is 5.32 Å². The molecule has 0 amide bonds. The van der Waals surface area contributed by atoms with E-state index in [0.29, 0.717) is 11.5 Å². The normalized spacial score (nSPS) is 27.2. The highest BCUT2D eigenvalue weighted by atomic mass is 15.1. The average molecular weight is 226 g/mol. The van der Waals surface area contributed by atoms with E-state index in [-0.39, 0.29) is 0 Å². The predicted molar refractivity (Wildman–Crippen MR) is 71.8 cm³/mol. The fourth-order valence-corrected chi connectivity index (χ4v) is 2.08. The van der Waals surface area contributed by atoms with Crippen molar-refractivity contribution in [2.75, 3.05) is 26.2 Å². The van der Waals surface area contributed by atoms with Crippen LogP contribution in [0.1, 0.15) is 47.5 Å². The molecule has 1 aliphatic rings. The molecule has 0 aromatic carbocycles. The van der Waals surface area contributed by atoms with E-state index in [1.807, 2.05) is 0 Å². The number of hydrogen-bond acceptors (Lipinski definition) is 2. The molecule has 2 atom stereocenters. The summed E-state index contributed by atoms with van der Waals surface area (Å²) in [5, 5.41) is 3.56. The van der Waals surface area contributed by atoms with Crippen molar-refractivity contribution in [3.8, 4) is 0 Å². The van der Waals surface area contributed by atoms with E-state index < -0.39 is 0 Å². The van der Waals surface area contributed by atoms with E-state index in [4.69, 9.17) is 0 Å². The lowest BCUT2D eigenvalue weighted by atomic mass is 9.82. The van der Waals surface area contributed by atoms with Crippen molar-refractivity contribution in [3.05, 3.63) is 0 Å². The summed E-state index contributed by atoms with van der Waals surface area (Å²) in [4.78, 5) is 2.66. The molecule has 0 radical (unpaired) electrons. The number of rotatable bonds is 2. The molecule has 0 aliphatic carbocycles. The molecule has 0 spiro atoms. The van der Waals surface area contributed by atoms with Gasteiger partial charge in [0.2, 0.25) is 0 Å². The van der Waals surface area contributed by atoms with E-state index in [9.17, 15) is 0 Å². The van der Waals surface area contributed by atoms with E-state index in [1.165, 1.54) is 39.0 Å². The van der Waals surface area contributed by atoms with Gasteiger partial charge in [0.25, 0.3) is 0 Å². The lowest BCUT2D eigenvalue weighted by Gasteiger charge is -2.34. The predicted octanol–water partition coefficient (Wildman–Crippen LogP) is 2.74. The molecule has 96 valence electrons. The second-order valence-corrected chi connectivity index (χ2v) is 6.57. The Kier molecular flexibility index (Phi) is 5.26. The number of hydrogen-bond donors (Lipinski definition) is 1. The second kappa shape index (κ2) is 6.02. The van der Waals surface area contributed by atoms with Crippen molar-refractivity contribution in [1.82, 2.24) is 10.2 Å². The van der Waals surface area contributed by atoms with Gasteiger partial charge in [-0.25, -0.2) is 0 Å². The standard InChI is InChI=1S/C14H30N2/c1-12(14(3,4)5)11-16-9-6-8-15-13(2)7-10-16/h12-13,15H,6-11H2,1-5H3. The maximum Gasteiger partial charge on any atom is 0.00509 e. The first-order chi connectivity index (χ1) is 7.39. The first-order valence-corrected chi connectivity index (χ1v) is 6.85. The van der Waals surface area contributed by atoms with Crippen molar-refractivity contribution in [2.45, 2.75) is 53.5 Å². The van der Waals surface area contributed by atoms with E-state index in [0.717, 1.165) is 5.92 Å². The molecule has 1 aliphatic heterocycles. The van der Waals surface area contributed by atoms with Gasteiger partial charge in [-0.1, -0.05) is 27.7 Å². The van der Waals surface area contributed by atoms with Crippen LogP contribution in [0.2, 0.25) is 0 Å². The maximum absolute atomic E-state index is 3.56. The van der Waals surface area contributed by atoms with Crippen molar-refractivity contribution < 1.29 is 0 Å². The Labute approximate surface area is 102 Å². The smallest absolute Gasteiger partial charge is 0.00509 e. The summed E-state index contributed by atoms with van der Waals surface area (Å²) in [5.74, 6) is 0.773. The summed E-state index contributed by atoms with van der Waals surface area (Å²) >= 11 is 0. The van der Waals surface area contributed by atoms with E-state index >= 15 is 0 Å². The second-order valence-electron chi connectivity index (χ2n) is 6.57. The fraction of sp³-hybridized carbons (Fsp3) is 1.00. The van der Waals surface area contributed by atoms with Crippen LogP contribution in [0.4, 0.5) is 0 Å². The van der Waals surface area contributed by atoms with Crippen molar-refractivity contribution in [2.24, 2.45) is 11.3 Å².